The van der Waals surface area contributed by atoms with Gasteiger partial charge in [0.1, 0.15) is 0 Å². The number of likely N-dealkylation sites (tertiary alicyclic amines) is 1. The van der Waals surface area contributed by atoms with Gasteiger partial charge in [-0.2, -0.15) is 0 Å². The predicted molar refractivity (Wildman–Crippen MR) is 61.4 cm³/mol. The molecule has 1 saturated heterocycles. The van der Waals surface area contributed by atoms with Crippen molar-refractivity contribution < 1.29 is 19.5 Å². The minimum absolute atomic E-state index is 0.0107. The summed E-state index contributed by atoms with van der Waals surface area (Å²) in [4.78, 5) is 36.8. The Labute approximate surface area is 105 Å². The second kappa shape index (κ2) is 4.07. The number of aliphatic carboxylic acids is 1. The average Bonchev–Trinajstić information content (AvgIpc) is 2.95. The first-order chi connectivity index (χ1) is 8.58. The largest absolute Gasteiger partial charge is 0.481 e. The van der Waals surface area contributed by atoms with Crippen LogP contribution in [0.5, 0.6) is 0 Å². The number of hydrogen-bond donors (Lipinski definition) is 1. The van der Waals surface area contributed by atoms with Crippen LogP contribution in [0.1, 0.15) is 38.5 Å². The van der Waals surface area contributed by atoms with E-state index in [1.165, 1.54) is 4.90 Å². The molecule has 0 aromatic rings. The van der Waals surface area contributed by atoms with Gasteiger partial charge in [-0.05, 0) is 38.5 Å². The molecule has 1 N–H and O–H groups in total. The molecule has 5 heteroatoms. The quantitative estimate of drug-likeness (QED) is 0.744. The van der Waals surface area contributed by atoms with E-state index < -0.39 is 11.9 Å². The van der Waals surface area contributed by atoms with E-state index in [2.05, 4.69) is 0 Å². The number of carbonyl (C=O) groups excluding carboxylic acids is 2. The lowest BCUT2D eigenvalue weighted by Gasteiger charge is -2.34. The highest BCUT2D eigenvalue weighted by Crippen LogP contribution is 2.41. The summed E-state index contributed by atoms with van der Waals surface area (Å²) < 4.78 is 0. The van der Waals surface area contributed by atoms with Crippen LogP contribution in [-0.2, 0) is 14.4 Å². The Bertz CT molecular complexity index is 397. The first kappa shape index (κ1) is 11.7. The highest BCUT2D eigenvalue weighted by Gasteiger charge is 2.49. The van der Waals surface area contributed by atoms with Gasteiger partial charge >= 0.3 is 5.97 Å². The van der Waals surface area contributed by atoms with Crippen molar-refractivity contribution in [3.63, 3.8) is 0 Å². The van der Waals surface area contributed by atoms with Gasteiger partial charge in [0, 0.05) is 17.9 Å². The molecule has 0 aromatic heterocycles. The zero-order valence-corrected chi connectivity index (χ0v) is 10.2. The Morgan fingerprint density at radius 3 is 2.11 bits per heavy atom. The molecule has 2 aliphatic carbocycles. The maximum atomic E-state index is 12.2. The maximum absolute atomic E-state index is 12.2. The molecule has 3 rings (SSSR count). The van der Waals surface area contributed by atoms with Gasteiger partial charge in [-0.3, -0.25) is 19.3 Å². The molecule has 3 fully saturated rings. The van der Waals surface area contributed by atoms with E-state index in [9.17, 15) is 14.4 Å². The number of amides is 2. The first-order valence-corrected chi connectivity index (χ1v) is 6.67. The van der Waals surface area contributed by atoms with Gasteiger partial charge in [0.15, 0.2) is 0 Å². The van der Waals surface area contributed by atoms with E-state index in [0.29, 0.717) is 25.7 Å². The number of piperidine rings is 1. The zero-order chi connectivity index (χ0) is 12.9. The molecule has 2 unspecified atom stereocenters. The van der Waals surface area contributed by atoms with E-state index in [0.717, 1.165) is 12.8 Å². The number of imide groups is 1. The monoisotopic (exact) mass is 251 g/mol. The summed E-state index contributed by atoms with van der Waals surface area (Å²) >= 11 is 0. The first-order valence-electron chi connectivity index (χ1n) is 6.67. The Hall–Kier alpha value is -1.39. The molecule has 0 aromatic carbocycles. The van der Waals surface area contributed by atoms with Crippen LogP contribution in [0.3, 0.4) is 0 Å². The molecular weight excluding hydrogens is 234 g/mol. The van der Waals surface area contributed by atoms with Gasteiger partial charge in [0.2, 0.25) is 11.8 Å². The minimum atomic E-state index is -0.808. The van der Waals surface area contributed by atoms with E-state index in [-0.39, 0.29) is 29.7 Å². The molecular formula is C13H17NO4. The summed E-state index contributed by atoms with van der Waals surface area (Å²) in [5, 5.41) is 8.99. The lowest BCUT2D eigenvalue weighted by Crippen LogP contribution is -2.50. The highest BCUT2D eigenvalue weighted by molar-refractivity contribution is 6.01. The molecule has 2 saturated carbocycles. The lowest BCUT2D eigenvalue weighted by atomic mass is 9.95. The normalized spacial score (nSPS) is 39.4. The third-order valence-corrected chi connectivity index (χ3v) is 4.73. The van der Waals surface area contributed by atoms with Gasteiger partial charge in [0.05, 0.1) is 5.92 Å². The Morgan fingerprint density at radius 1 is 1.00 bits per heavy atom. The molecule has 18 heavy (non-hydrogen) atoms. The van der Waals surface area contributed by atoms with Crippen LogP contribution in [0.2, 0.25) is 0 Å². The Balaban J connectivity index is 1.78. The molecule has 1 aliphatic heterocycles. The van der Waals surface area contributed by atoms with Gasteiger partial charge in [0.25, 0.3) is 0 Å². The predicted octanol–water partition coefficient (Wildman–Crippen LogP) is 1.02. The van der Waals surface area contributed by atoms with Gasteiger partial charge in [-0.15, -0.1) is 0 Å². The van der Waals surface area contributed by atoms with Gasteiger partial charge in [-0.1, -0.05) is 0 Å². The second-order valence-electron chi connectivity index (χ2n) is 5.76. The molecule has 4 atom stereocenters. The molecule has 0 radical (unpaired) electrons. The SMILES string of the molecule is O=C(O)[C@@H]1CC[C@H](N2C(=O)C3CCC(C3)C2=O)C1. The summed E-state index contributed by atoms with van der Waals surface area (Å²) in [7, 11) is 0. The van der Waals surface area contributed by atoms with E-state index in [4.69, 9.17) is 5.11 Å². The van der Waals surface area contributed by atoms with Crippen molar-refractivity contribution in [1.82, 2.24) is 4.90 Å². The van der Waals surface area contributed by atoms with Crippen molar-refractivity contribution in [3.8, 4) is 0 Å². The maximum Gasteiger partial charge on any atom is 0.306 e. The fourth-order valence-electron chi connectivity index (χ4n) is 3.71. The van der Waals surface area contributed by atoms with Gasteiger partial charge in [-0.25, -0.2) is 0 Å². The summed E-state index contributed by atoms with van der Waals surface area (Å²) in [6, 6.07) is -0.172. The highest BCUT2D eigenvalue weighted by atomic mass is 16.4. The molecule has 3 aliphatic rings. The number of carboxylic acid groups (broad SMARTS) is 1. The van der Waals surface area contributed by atoms with E-state index in [1.54, 1.807) is 0 Å². The van der Waals surface area contributed by atoms with Crippen LogP contribution >= 0.6 is 0 Å². The van der Waals surface area contributed by atoms with Crippen molar-refractivity contribution in [2.24, 2.45) is 17.8 Å². The van der Waals surface area contributed by atoms with Crippen molar-refractivity contribution in [2.75, 3.05) is 0 Å². The molecule has 1 heterocycles. The number of nitrogens with zero attached hydrogens (tertiary/aromatic N) is 1. The van der Waals surface area contributed by atoms with Crippen molar-refractivity contribution in [2.45, 2.75) is 44.6 Å². The van der Waals surface area contributed by atoms with E-state index >= 15 is 0 Å². The fourth-order valence-corrected chi connectivity index (χ4v) is 3.71. The Morgan fingerprint density at radius 2 is 1.61 bits per heavy atom. The number of hydrogen-bond acceptors (Lipinski definition) is 3. The van der Waals surface area contributed by atoms with Crippen molar-refractivity contribution >= 4 is 17.8 Å². The third kappa shape index (κ3) is 1.64. The number of rotatable bonds is 2. The zero-order valence-electron chi connectivity index (χ0n) is 10.2. The van der Waals surface area contributed by atoms with Crippen LogP contribution < -0.4 is 0 Å². The minimum Gasteiger partial charge on any atom is -0.481 e. The average molecular weight is 251 g/mol. The van der Waals surface area contributed by atoms with Crippen molar-refractivity contribution in [3.05, 3.63) is 0 Å². The summed E-state index contributed by atoms with van der Waals surface area (Å²) in [5.41, 5.74) is 0. The summed E-state index contributed by atoms with van der Waals surface area (Å²) in [6.07, 6.45) is 4.01. The van der Waals surface area contributed by atoms with Crippen LogP contribution in [0.25, 0.3) is 0 Å². The van der Waals surface area contributed by atoms with Crippen LogP contribution in [0.4, 0.5) is 0 Å². The van der Waals surface area contributed by atoms with Crippen LogP contribution in [0, 0.1) is 17.8 Å². The fraction of sp³-hybridized carbons (Fsp3) is 0.769. The molecule has 2 bridgehead atoms. The molecule has 5 nitrogen and oxygen atoms in total. The second-order valence-corrected chi connectivity index (χ2v) is 5.76. The molecule has 98 valence electrons. The topological polar surface area (TPSA) is 74.7 Å². The third-order valence-electron chi connectivity index (χ3n) is 4.73. The lowest BCUT2D eigenvalue weighted by molar-refractivity contribution is -0.156. The van der Waals surface area contributed by atoms with Crippen LogP contribution in [0.15, 0.2) is 0 Å². The number of carboxylic acids is 1. The standard InChI is InChI=1S/C13H17NO4/c15-11-7-1-2-8(5-7)12(16)14(11)10-4-3-9(6-10)13(17)18/h7-10H,1-6H2,(H,17,18)/t7?,8?,9-,10+/m1/s1. The van der Waals surface area contributed by atoms with Crippen molar-refractivity contribution in [1.29, 1.82) is 0 Å². The smallest absolute Gasteiger partial charge is 0.306 e. The Kier molecular flexibility index (Phi) is 2.64. The molecule has 0 spiro atoms. The summed E-state index contributed by atoms with van der Waals surface area (Å²) in [5.74, 6) is -1.28. The van der Waals surface area contributed by atoms with E-state index in [1.807, 2.05) is 0 Å². The molecule has 2 amide bonds. The summed E-state index contributed by atoms with van der Waals surface area (Å²) in [6.45, 7) is 0. The number of fused-ring (bicyclic) bond motifs is 2. The number of carbonyl (C=O) groups is 3. The van der Waals surface area contributed by atoms with Gasteiger partial charge < -0.3 is 5.11 Å². The van der Waals surface area contributed by atoms with Crippen LogP contribution in [-0.4, -0.2) is 33.8 Å².